The third-order valence-electron chi connectivity index (χ3n) is 3.53. The highest BCUT2D eigenvalue weighted by Crippen LogP contribution is 2.03. The lowest BCUT2D eigenvalue weighted by Gasteiger charge is -2.09. The summed E-state index contributed by atoms with van der Waals surface area (Å²) in [5, 5.41) is 0. The van der Waals surface area contributed by atoms with Crippen molar-refractivity contribution >= 4 is 5.97 Å². The predicted molar refractivity (Wildman–Crippen MR) is 84.9 cm³/mol. The molecule has 0 fully saturated rings. The second-order valence-corrected chi connectivity index (χ2v) is 5.74. The molecule has 1 aromatic rings. The molecule has 0 N–H and O–H groups in total. The van der Waals surface area contributed by atoms with E-state index < -0.39 is 17.1 Å². The average Bonchev–Trinajstić information content (AvgIpc) is 2.52. The summed E-state index contributed by atoms with van der Waals surface area (Å²) in [5.41, 5.74) is -1.35. The first kappa shape index (κ1) is 19.1. The second kappa shape index (κ2) is 9.27. The Balaban J connectivity index is 2.40. The summed E-state index contributed by atoms with van der Waals surface area (Å²) in [4.78, 5) is 34.9. The number of aryl methyl sites for hydroxylation is 1. The summed E-state index contributed by atoms with van der Waals surface area (Å²) in [6, 6.07) is 0. The van der Waals surface area contributed by atoms with E-state index in [2.05, 4.69) is 0 Å². The van der Waals surface area contributed by atoms with Crippen LogP contribution in [0.3, 0.4) is 0 Å². The van der Waals surface area contributed by atoms with Crippen LogP contribution in [0.25, 0.3) is 0 Å². The maximum atomic E-state index is 13.5. The van der Waals surface area contributed by atoms with Crippen LogP contribution in [-0.4, -0.2) is 21.7 Å². The highest BCUT2D eigenvalue weighted by molar-refractivity contribution is 5.71. The second-order valence-electron chi connectivity index (χ2n) is 5.74. The molecule has 0 aliphatic rings. The molecule has 1 rings (SSSR count). The fourth-order valence-electron chi connectivity index (χ4n) is 2.11. The molecule has 0 bridgehead atoms. The van der Waals surface area contributed by atoms with E-state index in [1.54, 1.807) is 20.8 Å². The molecule has 0 amide bonds. The van der Waals surface area contributed by atoms with Gasteiger partial charge in [0.2, 0.25) is 5.82 Å². The lowest BCUT2D eigenvalue weighted by atomic mass is 10.2. The van der Waals surface area contributed by atoms with Gasteiger partial charge in [-0.3, -0.25) is 18.7 Å². The minimum atomic E-state index is -0.910. The first-order valence-electron chi connectivity index (χ1n) is 8.04. The SMILES string of the molecule is CCn1cc(F)c(=O)n(CCCCCCOC(=O)C(C)C)c1=O. The molecule has 0 saturated heterocycles. The third kappa shape index (κ3) is 5.65. The lowest BCUT2D eigenvalue weighted by molar-refractivity contribution is -0.147. The minimum absolute atomic E-state index is 0.129. The van der Waals surface area contributed by atoms with Crippen molar-refractivity contribution in [1.29, 1.82) is 0 Å². The maximum Gasteiger partial charge on any atom is 0.331 e. The van der Waals surface area contributed by atoms with E-state index in [0.29, 0.717) is 19.6 Å². The lowest BCUT2D eigenvalue weighted by Crippen LogP contribution is -2.41. The summed E-state index contributed by atoms with van der Waals surface area (Å²) >= 11 is 0. The van der Waals surface area contributed by atoms with Gasteiger partial charge in [-0.05, 0) is 26.2 Å². The van der Waals surface area contributed by atoms with E-state index in [1.165, 1.54) is 4.57 Å². The number of nitrogens with zero attached hydrogens (tertiary/aromatic N) is 2. The molecule has 130 valence electrons. The van der Waals surface area contributed by atoms with Crippen LogP contribution in [0.2, 0.25) is 0 Å². The van der Waals surface area contributed by atoms with Crippen LogP contribution in [-0.2, 0) is 22.6 Å². The van der Waals surface area contributed by atoms with E-state index >= 15 is 0 Å². The molecule has 23 heavy (non-hydrogen) atoms. The van der Waals surface area contributed by atoms with Crippen LogP contribution < -0.4 is 11.2 Å². The fourth-order valence-corrected chi connectivity index (χ4v) is 2.11. The molecule has 0 aliphatic heterocycles. The molecule has 0 spiro atoms. The van der Waals surface area contributed by atoms with E-state index in [1.807, 2.05) is 0 Å². The van der Waals surface area contributed by atoms with E-state index in [-0.39, 0.29) is 18.4 Å². The van der Waals surface area contributed by atoms with Gasteiger partial charge in [0.1, 0.15) is 0 Å². The molecule has 1 aromatic heterocycles. The Morgan fingerprint density at radius 3 is 2.48 bits per heavy atom. The summed E-state index contributed by atoms with van der Waals surface area (Å²) in [7, 11) is 0. The van der Waals surface area contributed by atoms with Crippen molar-refractivity contribution in [2.75, 3.05) is 6.61 Å². The Morgan fingerprint density at radius 1 is 1.22 bits per heavy atom. The standard InChI is InChI=1S/C16H25FN2O4/c1-4-18-11-13(17)14(20)19(16(18)22)9-7-5-6-8-10-23-15(21)12(2)3/h11-12H,4-10H2,1-3H3. The summed E-state index contributed by atoms with van der Waals surface area (Å²) in [5.74, 6) is -1.25. The molecular formula is C16H25FN2O4. The highest BCUT2D eigenvalue weighted by atomic mass is 19.1. The Kier molecular flexibility index (Phi) is 7.71. The number of hydrogen-bond acceptors (Lipinski definition) is 4. The van der Waals surface area contributed by atoms with Gasteiger partial charge in [-0.15, -0.1) is 0 Å². The first-order chi connectivity index (χ1) is 10.9. The Bertz CT molecular complexity index is 634. The van der Waals surface area contributed by atoms with Crippen molar-refractivity contribution in [1.82, 2.24) is 9.13 Å². The largest absolute Gasteiger partial charge is 0.465 e. The molecule has 0 radical (unpaired) electrons. The summed E-state index contributed by atoms with van der Waals surface area (Å²) in [6.07, 6.45) is 3.87. The van der Waals surface area contributed by atoms with Crippen molar-refractivity contribution in [2.24, 2.45) is 5.92 Å². The van der Waals surface area contributed by atoms with Gasteiger partial charge < -0.3 is 4.74 Å². The molecule has 7 heteroatoms. The van der Waals surface area contributed by atoms with Crippen LogP contribution in [0.4, 0.5) is 4.39 Å². The smallest absolute Gasteiger partial charge is 0.331 e. The zero-order chi connectivity index (χ0) is 17.4. The van der Waals surface area contributed by atoms with Gasteiger partial charge >= 0.3 is 11.7 Å². The minimum Gasteiger partial charge on any atom is -0.465 e. The first-order valence-corrected chi connectivity index (χ1v) is 8.04. The van der Waals surface area contributed by atoms with Gasteiger partial charge in [-0.25, -0.2) is 4.79 Å². The number of hydrogen-bond donors (Lipinski definition) is 0. The van der Waals surface area contributed by atoms with E-state index in [4.69, 9.17) is 4.74 Å². The Morgan fingerprint density at radius 2 is 1.87 bits per heavy atom. The number of rotatable bonds is 9. The number of halogens is 1. The monoisotopic (exact) mass is 328 g/mol. The van der Waals surface area contributed by atoms with Crippen molar-refractivity contribution in [3.8, 4) is 0 Å². The Hall–Kier alpha value is -1.92. The zero-order valence-corrected chi connectivity index (χ0v) is 14.0. The van der Waals surface area contributed by atoms with Gasteiger partial charge in [-0.2, -0.15) is 4.39 Å². The molecule has 0 unspecified atom stereocenters. The van der Waals surface area contributed by atoms with Crippen molar-refractivity contribution < 1.29 is 13.9 Å². The molecule has 1 heterocycles. The van der Waals surface area contributed by atoms with Crippen LogP contribution in [0.5, 0.6) is 0 Å². The zero-order valence-electron chi connectivity index (χ0n) is 14.0. The summed E-state index contributed by atoms with van der Waals surface area (Å²) < 4.78 is 20.7. The van der Waals surface area contributed by atoms with Gasteiger partial charge in [0.05, 0.1) is 18.7 Å². The van der Waals surface area contributed by atoms with Gasteiger partial charge in [0.15, 0.2) is 0 Å². The summed E-state index contributed by atoms with van der Waals surface area (Å²) in [6.45, 7) is 6.16. The number of carbonyl (C=O) groups is 1. The number of ether oxygens (including phenoxy) is 1. The van der Waals surface area contributed by atoms with E-state index in [9.17, 15) is 18.8 Å². The molecular weight excluding hydrogens is 303 g/mol. The molecule has 0 saturated carbocycles. The maximum absolute atomic E-state index is 13.5. The average molecular weight is 328 g/mol. The predicted octanol–water partition coefficient (Wildman–Crippen LogP) is 1.93. The fraction of sp³-hybridized carbons (Fsp3) is 0.688. The van der Waals surface area contributed by atoms with Crippen molar-refractivity contribution in [2.45, 2.75) is 59.5 Å². The Labute approximate surface area is 134 Å². The third-order valence-corrected chi connectivity index (χ3v) is 3.53. The van der Waals surface area contributed by atoms with E-state index in [0.717, 1.165) is 30.0 Å². The topological polar surface area (TPSA) is 70.3 Å². The molecule has 0 atom stereocenters. The van der Waals surface area contributed by atoms with Gasteiger partial charge in [0, 0.05) is 13.1 Å². The normalized spacial score (nSPS) is 11.0. The number of aromatic nitrogens is 2. The number of unbranched alkanes of at least 4 members (excludes halogenated alkanes) is 3. The van der Waals surface area contributed by atoms with Gasteiger partial charge in [0.25, 0.3) is 5.56 Å². The van der Waals surface area contributed by atoms with Crippen LogP contribution in [0.1, 0.15) is 46.5 Å². The number of carbonyl (C=O) groups excluding carboxylic acids is 1. The molecule has 0 aliphatic carbocycles. The van der Waals surface area contributed by atoms with Crippen LogP contribution >= 0.6 is 0 Å². The van der Waals surface area contributed by atoms with Crippen LogP contribution in [0, 0.1) is 11.7 Å². The van der Waals surface area contributed by atoms with Crippen LogP contribution in [0.15, 0.2) is 15.8 Å². The highest BCUT2D eigenvalue weighted by Gasteiger charge is 2.10. The van der Waals surface area contributed by atoms with Crippen molar-refractivity contribution in [3.05, 3.63) is 32.9 Å². The van der Waals surface area contributed by atoms with Crippen molar-refractivity contribution in [3.63, 3.8) is 0 Å². The van der Waals surface area contributed by atoms with Gasteiger partial charge in [-0.1, -0.05) is 20.3 Å². The number of esters is 1. The quantitative estimate of drug-likeness (QED) is 0.513. The molecule has 0 aromatic carbocycles. The molecule has 6 nitrogen and oxygen atoms in total.